The Labute approximate surface area is 161 Å². The van der Waals surface area contributed by atoms with E-state index in [9.17, 15) is 9.90 Å². The first-order chi connectivity index (χ1) is 13.7. The largest absolute Gasteiger partial charge is 0.489 e. The first-order valence-corrected chi connectivity index (χ1v) is 8.75. The summed E-state index contributed by atoms with van der Waals surface area (Å²) in [6.07, 6.45) is 0. The summed E-state index contributed by atoms with van der Waals surface area (Å²) < 4.78 is 22.4. The summed E-state index contributed by atoms with van der Waals surface area (Å²) in [6, 6.07) is 19.8. The van der Waals surface area contributed by atoms with Crippen LogP contribution in [-0.2, 0) is 13.2 Å². The van der Waals surface area contributed by atoms with E-state index < -0.39 is 5.97 Å². The Morgan fingerprint density at radius 2 is 1.79 bits per heavy atom. The highest BCUT2D eigenvalue weighted by Crippen LogP contribution is 2.36. The van der Waals surface area contributed by atoms with Crippen molar-refractivity contribution >= 4 is 5.97 Å². The lowest BCUT2D eigenvalue weighted by Crippen LogP contribution is -2.04. The third kappa shape index (κ3) is 3.86. The van der Waals surface area contributed by atoms with Crippen LogP contribution in [0.2, 0.25) is 0 Å². The van der Waals surface area contributed by atoms with Crippen LogP contribution in [0.25, 0.3) is 0 Å². The summed E-state index contributed by atoms with van der Waals surface area (Å²) in [7, 11) is 0. The predicted molar refractivity (Wildman–Crippen MR) is 101 cm³/mol. The molecule has 1 heterocycles. The van der Waals surface area contributed by atoms with E-state index in [0.29, 0.717) is 17.2 Å². The zero-order chi connectivity index (χ0) is 19.3. The third-order valence-electron chi connectivity index (χ3n) is 4.29. The van der Waals surface area contributed by atoms with E-state index in [4.69, 9.17) is 18.9 Å². The van der Waals surface area contributed by atoms with Gasteiger partial charge >= 0.3 is 5.97 Å². The summed E-state index contributed by atoms with van der Waals surface area (Å²) in [5.74, 6) is 1.07. The molecule has 6 nitrogen and oxygen atoms in total. The number of aromatic carboxylic acids is 1. The van der Waals surface area contributed by atoms with Gasteiger partial charge in [0.2, 0.25) is 6.79 Å². The Balaban J connectivity index is 1.50. The van der Waals surface area contributed by atoms with E-state index in [1.165, 1.54) is 6.07 Å². The molecule has 28 heavy (non-hydrogen) atoms. The zero-order valence-electron chi connectivity index (χ0n) is 15.0. The Bertz CT molecular complexity index is 984. The van der Waals surface area contributed by atoms with Crippen LogP contribution in [-0.4, -0.2) is 17.9 Å². The maximum atomic E-state index is 11.5. The number of hydrogen-bond donors (Lipinski definition) is 1. The molecular formula is C22H18O6. The third-order valence-corrected chi connectivity index (χ3v) is 4.29. The maximum absolute atomic E-state index is 11.5. The van der Waals surface area contributed by atoms with Crippen molar-refractivity contribution in [2.24, 2.45) is 0 Å². The Morgan fingerprint density at radius 1 is 0.929 bits per heavy atom. The van der Waals surface area contributed by atoms with E-state index in [1.54, 1.807) is 12.1 Å². The van der Waals surface area contributed by atoms with Crippen LogP contribution in [0.1, 0.15) is 21.5 Å². The highest BCUT2D eigenvalue weighted by atomic mass is 16.7. The van der Waals surface area contributed by atoms with Crippen LogP contribution in [0.4, 0.5) is 0 Å². The van der Waals surface area contributed by atoms with Crippen molar-refractivity contribution < 1.29 is 28.8 Å². The molecule has 3 aromatic rings. The minimum Gasteiger partial charge on any atom is -0.489 e. The molecule has 6 heteroatoms. The van der Waals surface area contributed by atoms with Gasteiger partial charge in [-0.1, -0.05) is 42.5 Å². The molecule has 0 saturated carbocycles. The number of carboxylic acids is 1. The fourth-order valence-corrected chi connectivity index (χ4v) is 2.89. The second-order valence-corrected chi connectivity index (χ2v) is 6.18. The number of ether oxygens (including phenoxy) is 4. The lowest BCUT2D eigenvalue weighted by Gasteiger charge is -2.13. The van der Waals surface area contributed by atoms with Crippen molar-refractivity contribution in [2.45, 2.75) is 13.2 Å². The van der Waals surface area contributed by atoms with E-state index in [1.807, 2.05) is 48.5 Å². The van der Waals surface area contributed by atoms with Gasteiger partial charge in [-0.15, -0.1) is 0 Å². The summed E-state index contributed by atoms with van der Waals surface area (Å²) in [4.78, 5) is 11.5. The molecule has 0 bridgehead atoms. The molecule has 1 aliphatic heterocycles. The molecule has 0 aromatic heterocycles. The van der Waals surface area contributed by atoms with Crippen LogP contribution < -0.4 is 18.9 Å². The Hall–Kier alpha value is -3.67. The highest BCUT2D eigenvalue weighted by Gasteiger charge is 2.18. The number of benzene rings is 3. The monoisotopic (exact) mass is 378 g/mol. The summed E-state index contributed by atoms with van der Waals surface area (Å²) >= 11 is 0. The first-order valence-electron chi connectivity index (χ1n) is 8.75. The standard InChI is InChI=1S/C22H18O6/c23-22(24)18-10-9-17(11-20(18)26-12-15-5-2-1-3-6-15)25-13-16-7-4-8-19-21(16)28-14-27-19/h1-11H,12-14H2,(H,23,24). The highest BCUT2D eigenvalue weighted by molar-refractivity contribution is 5.91. The Kier molecular flexibility index (Phi) is 5.01. The second kappa shape index (κ2) is 7.92. The number of carbonyl (C=O) groups is 1. The van der Waals surface area contributed by atoms with E-state index in [0.717, 1.165) is 11.1 Å². The van der Waals surface area contributed by atoms with Crippen molar-refractivity contribution in [3.05, 3.63) is 83.4 Å². The van der Waals surface area contributed by atoms with Gasteiger partial charge in [0.1, 0.15) is 30.3 Å². The molecule has 3 aromatic carbocycles. The fraction of sp³-hybridized carbons (Fsp3) is 0.136. The number of rotatable bonds is 7. The van der Waals surface area contributed by atoms with Crippen LogP contribution in [0.3, 0.4) is 0 Å². The molecule has 142 valence electrons. The quantitative estimate of drug-likeness (QED) is 0.662. The van der Waals surface area contributed by atoms with Gasteiger partial charge in [-0.05, 0) is 23.8 Å². The Morgan fingerprint density at radius 3 is 2.61 bits per heavy atom. The number of hydrogen-bond acceptors (Lipinski definition) is 5. The minimum absolute atomic E-state index is 0.0839. The van der Waals surface area contributed by atoms with Crippen LogP contribution in [0.15, 0.2) is 66.7 Å². The second-order valence-electron chi connectivity index (χ2n) is 6.18. The van der Waals surface area contributed by atoms with Crippen molar-refractivity contribution in [1.29, 1.82) is 0 Å². The fourth-order valence-electron chi connectivity index (χ4n) is 2.89. The molecule has 0 atom stereocenters. The molecule has 0 saturated heterocycles. The van der Waals surface area contributed by atoms with Crippen LogP contribution in [0, 0.1) is 0 Å². The first kappa shape index (κ1) is 17.7. The van der Waals surface area contributed by atoms with Crippen LogP contribution >= 0.6 is 0 Å². The van der Waals surface area contributed by atoms with Gasteiger partial charge in [0, 0.05) is 11.6 Å². The SMILES string of the molecule is O=C(O)c1ccc(OCc2cccc3c2OCO3)cc1OCc1ccccc1. The number of fused-ring (bicyclic) bond motifs is 1. The lowest BCUT2D eigenvalue weighted by atomic mass is 10.2. The lowest BCUT2D eigenvalue weighted by molar-refractivity contribution is 0.0691. The molecule has 4 rings (SSSR count). The van der Waals surface area contributed by atoms with Crippen LogP contribution in [0.5, 0.6) is 23.0 Å². The molecule has 0 amide bonds. The van der Waals surface area contributed by atoms with E-state index >= 15 is 0 Å². The molecule has 0 aliphatic carbocycles. The smallest absolute Gasteiger partial charge is 0.339 e. The van der Waals surface area contributed by atoms with E-state index in [-0.39, 0.29) is 31.3 Å². The summed E-state index contributed by atoms with van der Waals surface area (Å²) in [5.41, 5.74) is 1.88. The maximum Gasteiger partial charge on any atom is 0.339 e. The van der Waals surface area contributed by atoms with Crippen molar-refractivity contribution in [3.63, 3.8) is 0 Å². The molecular weight excluding hydrogens is 360 g/mol. The predicted octanol–water partition coefficient (Wildman–Crippen LogP) is 4.27. The number of carboxylic acid groups (broad SMARTS) is 1. The average Bonchev–Trinajstić information content (AvgIpc) is 3.21. The van der Waals surface area contributed by atoms with Crippen molar-refractivity contribution in [3.8, 4) is 23.0 Å². The van der Waals surface area contributed by atoms with Gasteiger partial charge in [0.05, 0.1) is 0 Å². The topological polar surface area (TPSA) is 74.2 Å². The molecule has 0 spiro atoms. The molecule has 1 N–H and O–H groups in total. The number of para-hydroxylation sites is 1. The van der Waals surface area contributed by atoms with Gasteiger partial charge in [-0.3, -0.25) is 0 Å². The molecule has 0 fully saturated rings. The zero-order valence-corrected chi connectivity index (χ0v) is 15.0. The average molecular weight is 378 g/mol. The van der Waals surface area contributed by atoms with Crippen molar-refractivity contribution in [2.75, 3.05) is 6.79 Å². The van der Waals surface area contributed by atoms with Gasteiger partial charge in [-0.25, -0.2) is 4.79 Å². The van der Waals surface area contributed by atoms with Gasteiger partial charge in [-0.2, -0.15) is 0 Å². The summed E-state index contributed by atoms with van der Waals surface area (Å²) in [6.45, 7) is 0.718. The summed E-state index contributed by atoms with van der Waals surface area (Å²) in [5, 5.41) is 9.42. The van der Waals surface area contributed by atoms with Gasteiger partial charge in [0.25, 0.3) is 0 Å². The molecule has 0 unspecified atom stereocenters. The van der Waals surface area contributed by atoms with Crippen molar-refractivity contribution in [1.82, 2.24) is 0 Å². The van der Waals surface area contributed by atoms with E-state index in [2.05, 4.69) is 0 Å². The molecule has 1 aliphatic rings. The molecule has 0 radical (unpaired) electrons. The van der Waals surface area contributed by atoms with Gasteiger partial charge < -0.3 is 24.1 Å². The minimum atomic E-state index is -1.05. The van der Waals surface area contributed by atoms with Gasteiger partial charge in [0.15, 0.2) is 11.5 Å². The normalized spacial score (nSPS) is 11.9.